The molecular weight excluding hydrogens is 280 g/mol. The van der Waals surface area contributed by atoms with Crippen molar-refractivity contribution in [1.82, 2.24) is 0 Å². The summed E-state index contributed by atoms with van der Waals surface area (Å²) in [5, 5.41) is 2.88. The van der Waals surface area contributed by atoms with Gasteiger partial charge in [-0.1, -0.05) is 12.2 Å². The van der Waals surface area contributed by atoms with Crippen LogP contribution in [0.3, 0.4) is 0 Å². The lowest BCUT2D eigenvalue weighted by atomic mass is 10.1. The second-order valence-electron chi connectivity index (χ2n) is 5.32. The van der Waals surface area contributed by atoms with E-state index < -0.39 is 6.09 Å². The summed E-state index contributed by atoms with van der Waals surface area (Å²) in [5.74, 6) is 0.372. The summed E-state index contributed by atoms with van der Waals surface area (Å²) < 4.78 is 4.94. The largest absolute Gasteiger partial charge is 0.449 e. The third-order valence-corrected chi connectivity index (χ3v) is 3.64. The molecule has 0 saturated heterocycles. The molecule has 1 aliphatic carbocycles. The molecule has 0 aliphatic heterocycles. The van der Waals surface area contributed by atoms with Crippen molar-refractivity contribution >= 4 is 23.4 Å². The van der Waals surface area contributed by atoms with Crippen LogP contribution in [0.25, 0.3) is 0 Å². The first kappa shape index (κ1) is 16.1. The minimum absolute atomic E-state index is 0.0167. The Morgan fingerprint density at radius 3 is 2.64 bits per heavy atom. The molecule has 1 aliphatic rings. The SMILES string of the molecule is CCOC(=O)N(C)c1ccc(NC(=O)C[C@H]2C=CCC2)cc1. The van der Waals surface area contributed by atoms with Crippen LogP contribution in [-0.2, 0) is 9.53 Å². The number of rotatable bonds is 5. The highest BCUT2D eigenvalue weighted by Gasteiger charge is 2.15. The zero-order chi connectivity index (χ0) is 15.9. The molecule has 118 valence electrons. The fourth-order valence-corrected chi connectivity index (χ4v) is 2.41. The van der Waals surface area contributed by atoms with E-state index in [0.717, 1.165) is 24.2 Å². The number of amides is 2. The summed E-state index contributed by atoms with van der Waals surface area (Å²) >= 11 is 0. The predicted octanol–water partition coefficient (Wildman–Crippen LogP) is 3.57. The topological polar surface area (TPSA) is 58.6 Å². The molecule has 0 fully saturated rings. The van der Waals surface area contributed by atoms with Crippen molar-refractivity contribution in [2.45, 2.75) is 26.2 Å². The van der Waals surface area contributed by atoms with Crippen LogP contribution < -0.4 is 10.2 Å². The number of hydrogen-bond donors (Lipinski definition) is 1. The van der Waals surface area contributed by atoms with Gasteiger partial charge in [-0.3, -0.25) is 9.69 Å². The van der Waals surface area contributed by atoms with Crippen molar-refractivity contribution in [3.8, 4) is 0 Å². The highest BCUT2D eigenvalue weighted by Crippen LogP contribution is 2.22. The average Bonchev–Trinajstić information content (AvgIpc) is 3.00. The molecule has 0 radical (unpaired) electrons. The lowest BCUT2D eigenvalue weighted by molar-refractivity contribution is -0.116. The molecule has 1 aromatic rings. The van der Waals surface area contributed by atoms with Gasteiger partial charge in [0.1, 0.15) is 0 Å². The third-order valence-electron chi connectivity index (χ3n) is 3.64. The van der Waals surface area contributed by atoms with E-state index in [1.54, 1.807) is 38.2 Å². The molecule has 5 heteroatoms. The molecule has 0 spiro atoms. The number of nitrogens with zero attached hydrogens (tertiary/aromatic N) is 1. The Labute approximate surface area is 130 Å². The Hall–Kier alpha value is -2.30. The van der Waals surface area contributed by atoms with Crippen LogP contribution in [0.15, 0.2) is 36.4 Å². The van der Waals surface area contributed by atoms with E-state index >= 15 is 0 Å². The zero-order valence-corrected chi connectivity index (χ0v) is 13.0. The number of benzene rings is 1. The Kier molecular flexibility index (Phi) is 5.58. The van der Waals surface area contributed by atoms with E-state index in [-0.39, 0.29) is 5.91 Å². The number of hydrogen-bond acceptors (Lipinski definition) is 3. The minimum Gasteiger partial charge on any atom is -0.449 e. The van der Waals surface area contributed by atoms with Gasteiger partial charge in [0.2, 0.25) is 5.91 Å². The molecule has 0 unspecified atom stereocenters. The summed E-state index contributed by atoms with van der Waals surface area (Å²) in [5.41, 5.74) is 1.45. The van der Waals surface area contributed by atoms with Crippen molar-refractivity contribution in [3.63, 3.8) is 0 Å². The summed E-state index contributed by atoms with van der Waals surface area (Å²) in [6, 6.07) is 7.13. The maximum Gasteiger partial charge on any atom is 0.413 e. The minimum atomic E-state index is -0.396. The van der Waals surface area contributed by atoms with Gasteiger partial charge in [-0.05, 0) is 49.9 Å². The van der Waals surface area contributed by atoms with Crippen LogP contribution in [0.4, 0.5) is 16.2 Å². The van der Waals surface area contributed by atoms with Crippen molar-refractivity contribution < 1.29 is 14.3 Å². The van der Waals surface area contributed by atoms with Gasteiger partial charge in [-0.2, -0.15) is 0 Å². The second kappa shape index (κ2) is 7.64. The van der Waals surface area contributed by atoms with Gasteiger partial charge in [0.05, 0.1) is 6.61 Å². The molecule has 2 rings (SSSR count). The van der Waals surface area contributed by atoms with E-state index in [1.165, 1.54) is 4.90 Å². The van der Waals surface area contributed by atoms with Crippen LogP contribution in [0.2, 0.25) is 0 Å². The fourth-order valence-electron chi connectivity index (χ4n) is 2.41. The number of anilines is 2. The van der Waals surface area contributed by atoms with Crippen molar-refractivity contribution in [3.05, 3.63) is 36.4 Å². The standard InChI is InChI=1S/C17H22N2O3/c1-3-22-17(21)19(2)15-10-8-14(9-11-15)18-16(20)12-13-6-4-5-7-13/h4,6,8-11,13H,3,5,7,12H2,1-2H3,(H,18,20)/t13-/m0/s1. The van der Waals surface area contributed by atoms with E-state index in [0.29, 0.717) is 18.9 Å². The van der Waals surface area contributed by atoms with E-state index in [2.05, 4.69) is 17.5 Å². The van der Waals surface area contributed by atoms with Crippen LogP contribution in [0.5, 0.6) is 0 Å². The average molecular weight is 302 g/mol. The quantitative estimate of drug-likeness (QED) is 0.846. The molecule has 0 heterocycles. The maximum absolute atomic E-state index is 12.0. The summed E-state index contributed by atoms with van der Waals surface area (Å²) in [7, 11) is 1.65. The first-order valence-corrected chi connectivity index (χ1v) is 7.57. The Morgan fingerprint density at radius 2 is 2.05 bits per heavy atom. The number of nitrogens with one attached hydrogen (secondary N) is 1. The number of carbonyl (C=O) groups excluding carboxylic acids is 2. The highest BCUT2D eigenvalue weighted by molar-refractivity contribution is 5.92. The van der Waals surface area contributed by atoms with Gasteiger partial charge in [0, 0.05) is 24.8 Å². The highest BCUT2D eigenvalue weighted by atomic mass is 16.6. The summed E-state index contributed by atoms with van der Waals surface area (Å²) in [6.07, 6.45) is 6.46. The molecule has 0 aromatic heterocycles. The van der Waals surface area contributed by atoms with Gasteiger partial charge < -0.3 is 10.1 Å². The van der Waals surface area contributed by atoms with Crippen molar-refractivity contribution in [2.24, 2.45) is 5.92 Å². The Balaban J connectivity index is 1.89. The number of allylic oxidation sites excluding steroid dienone is 2. The molecule has 1 N–H and O–H groups in total. The molecule has 0 saturated carbocycles. The first-order chi connectivity index (χ1) is 10.6. The summed E-state index contributed by atoms with van der Waals surface area (Å²) in [4.78, 5) is 25.0. The zero-order valence-electron chi connectivity index (χ0n) is 13.0. The maximum atomic E-state index is 12.0. The molecule has 5 nitrogen and oxygen atoms in total. The lowest BCUT2D eigenvalue weighted by Crippen LogP contribution is -2.26. The molecular formula is C17H22N2O3. The van der Waals surface area contributed by atoms with Gasteiger partial charge in [0.25, 0.3) is 0 Å². The normalized spacial score (nSPS) is 16.4. The van der Waals surface area contributed by atoms with Crippen LogP contribution >= 0.6 is 0 Å². The van der Waals surface area contributed by atoms with E-state index in [4.69, 9.17) is 4.74 Å². The second-order valence-corrected chi connectivity index (χ2v) is 5.32. The van der Waals surface area contributed by atoms with Crippen LogP contribution in [0.1, 0.15) is 26.2 Å². The van der Waals surface area contributed by atoms with Gasteiger partial charge in [0.15, 0.2) is 0 Å². The first-order valence-electron chi connectivity index (χ1n) is 7.57. The number of ether oxygens (including phenoxy) is 1. The number of carbonyl (C=O) groups is 2. The Morgan fingerprint density at radius 1 is 1.32 bits per heavy atom. The Bertz CT molecular complexity index is 552. The van der Waals surface area contributed by atoms with E-state index in [9.17, 15) is 9.59 Å². The molecule has 0 bridgehead atoms. The molecule has 2 amide bonds. The van der Waals surface area contributed by atoms with Crippen molar-refractivity contribution in [1.29, 1.82) is 0 Å². The smallest absolute Gasteiger partial charge is 0.413 e. The fraction of sp³-hybridized carbons (Fsp3) is 0.412. The molecule has 1 atom stereocenters. The summed E-state index contributed by atoms with van der Waals surface area (Å²) in [6.45, 7) is 2.11. The third kappa shape index (κ3) is 4.35. The van der Waals surface area contributed by atoms with Crippen LogP contribution in [0, 0.1) is 5.92 Å². The molecule has 22 heavy (non-hydrogen) atoms. The predicted molar refractivity (Wildman–Crippen MR) is 87.0 cm³/mol. The molecule has 1 aromatic carbocycles. The monoisotopic (exact) mass is 302 g/mol. The van der Waals surface area contributed by atoms with Gasteiger partial charge in [-0.25, -0.2) is 4.79 Å². The lowest BCUT2D eigenvalue weighted by Gasteiger charge is -2.17. The van der Waals surface area contributed by atoms with E-state index in [1.807, 2.05) is 0 Å². The van der Waals surface area contributed by atoms with Crippen molar-refractivity contribution in [2.75, 3.05) is 23.9 Å². The van der Waals surface area contributed by atoms with Gasteiger partial charge >= 0.3 is 6.09 Å². The van der Waals surface area contributed by atoms with Crippen LogP contribution in [-0.4, -0.2) is 25.7 Å². The van der Waals surface area contributed by atoms with Gasteiger partial charge in [-0.15, -0.1) is 0 Å².